The van der Waals surface area contributed by atoms with Crippen molar-refractivity contribution in [3.63, 3.8) is 0 Å². The molecule has 0 spiro atoms. The number of ether oxygens (including phenoxy) is 4. The van der Waals surface area contributed by atoms with Gasteiger partial charge in [0.15, 0.2) is 5.75 Å². The Balaban J connectivity index is 1.89. The lowest BCUT2D eigenvalue weighted by molar-refractivity contribution is -0.140. The first-order chi connectivity index (χ1) is 20.2. The number of fused-ring (bicyclic) bond motifs is 1. The molecule has 2 rings (SSSR count). The topological polar surface area (TPSA) is 88.1 Å². The van der Waals surface area contributed by atoms with E-state index in [2.05, 4.69) is 13.5 Å². The van der Waals surface area contributed by atoms with E-state index in [-0.39, 0.29) is 37.1 Å². The summed E-state index contributed by atoms with van der Waals surface area (Å²) >= 11 is 0. The van der Waals surface area contributed by atoms with Gasteiger partial charge in [0.1, 0.15) is 17.9 Å². The lowest BCUT2D eigenvalue weighted by Gasteiger charge is -2.19. The van der Waals surface area contributed by atoms with Gasteiger partial charge in [-0.2, -0.15) is 0 Å². The molecule has 0 radical (unpaired) electrons. The Bertz CT molecular complexity index is 1100. The molecule has 0 N–H and O–H groups in total. The molecule has 1 aliphatic heterocycles. The summed E-state index contributed by atoms with van der Waals surface area (Å²) in [4.78, 5) is 37.2. The number of allylic oxidation sites excluding steroid dienone is 3. The fourth-order valence-corrected chi connectivity index (χ4v) is 5.35. The molecule has 0 atom stereocenters. The molecule has 0 aromatic heterocycles. The van der Waals surface area contributed by atoms with Crippen LogP contribution in [0.2, 0.25) is 0 Å². The van der Waals surface area contributed by atoms with Gasteiger partial charge >= 0.3 is 17.9 Å². The quantitative estimate of drug-likeness (QED) is 0.0618. The minimum atomic E-state index is -0.488. The van der Waals surface area contributed by atoms with Gasteiger partial charge in [-0.05, 0) is 58.4 Å². The molecular weight excluding hydrogens is 532 g/mol. The summed E-state index contributed by atoms with van der Waals surface area (Å²) in [6.07, 6.45) is 17.6. The third-order valence-electron chi connectivity index (χ3n) is 7.93. The van der Waals surface area contributed by atoms with Crippen molar-refractivity contribution >= 4 is 17.9 Å². The first-order valence-electron chi connectivity index (χ1n) is 15.7. The smallest absolute Gasteiger partial charge is 0.342 e. The third kappa shape index (κ3) is 11.7. The Morgan fingerprint density at radius 3 is 1.93 bits per heavy atom. The Morgan fingerprint density at radius 1 is 0.810 bits per heavy atom. The van der Waals surface area contributed by atoms with Crippen molar-refractivity contribution in [3.8, 4) is 11.5 Å². The number of esters is 3. The van der Waals surface area contributed by atoms with Crippen LogP contribution in [0.15, 0.2) is 23.8 Å². The molecule has 7 nitrogen and oxygen atoms in total. The van der Waals surface area contributed by atoms with E-state index in [1.54, 1.807) is 7.11 Å². The van der Waals surface area contributed by atoms with Crippen LogP contribution in [-0.2, 0) is 32.1 Å². The zero-order chi connectivity index (χ0) is 30.9. The highest BCUT2D eigenvalue weighted by Gasteiger charge is 2.34. The number of carbonyl (C=O) groups excluding carboxylic acids is 3. The fraction of sp³-hybridized carbons (Fsp3) is 0.629. The van der Waals surface area contributed by atoms with Crippen molar-refractivity contribution in [2.75, 3.05) is 14.2 Å². The second-order valence-electron chi connectivity index (χ2n) is 11.5. The largest absolute Gasteiger partial charge is 0.496 e. The van der Waals surface area contributed by atoms with Crippen molar-refractivity contribution in [3.05, 3.63) is 46.1 Å². The predicted octanol–water partition coefficient (Wildman–Crippen LogP) is 8.67. The maximum atomic E-state index is 12.9. The summed E-state index contributed by atoms with van der Waals surface area (Å²) in [5.41, 5.74) is 4.71. The number of carbonyl (C=O) groups is 3. The average molecular weight is 585 g/mol. The van der Waals surface area contributed by atoms with Gasteiger partial charge in [-0.3, -0.25) is 9.59 Å². The summed E-state index contributed by atoms with van der Waals surface area (Å²) in [6, 6.07) is 0. The maximum absolute atomic E-state index is 12.9. The van der Waals surface area contributed by atoms with E-state index in [0.29, 0.717) is 35.3 Å². The van der Waals surface area contributed by atoms with Gasteiger partial charge in [0, 0.05) is 24.0 Å². The van der Waals surface area contributed by atoms with Crippen LogP contribution in [0, 0.1) is 6.92 Å². The normalized spacial score (nSPS) is 12.6. The highest BCUT2D eigenvalue weighted by Crippen LogP contribution is 2.43. The van der Waals surface area contributed by atoms with Crippen molar-refractivity contribution < 1.29 is 33.3 Å². The standard InChI is InChI=1S/C35H52O7/c1-25(2)18-16-14-12-10-8-7-9-11-13-15-17-19-31(37)42-34-28(22-20-26(3)21-23-30(36)39-5)33(40-6)27(4)29-24-41-35(38)32(29)34/h20H,1,7-19,21-24H2,2-6H3/b26-20+. The molecule has 42 heavy (non-hydrogen) atoms. The molecule has 7 heteroatoms. The molecule has 1 aromatic carbocycles. The van der Waals surface area contributed by atoms with Gasteiger partial charge in [0.05, 0.1) is 14.2 Å². The highest BCUT2D eigenvalue weighted by atomic mass is 16.6. The predicted molar refractivity (Wildman–Crippen MR) is 166 cm³/mol. The number of unbranched alkanes of at least 4 members (excludes halogenated alkanes) is 10. The summed E-state index contributed by atoms with van der Waals surface area (Å²) in [7, 11) is 2.94. The van der Waals surface area contributed by atoms with Gasteiger partial charge in [-0.1, -0.05) is 75.0 Å². The summed E-state index contributed by atoms with van der Waals surface area (Å²) in [6.45, 7) is 10.0. The van der Waals surface area contributed by atoms with Crippen LogP contribution in [0.1, 0.15) is 137 Å². The summed E-state index contributed by atoms with van der Waals surface area (Å²) in [5, 5.41) is 0. The fourth-order valence-electron chi connectivity index (χ4n) is 5.35. The molecule has 0 bridgehead atoms. The van der Waals surface area contributed by atoms with E-state index in [1.807, 2.05) is 19.9 Å². The van der Waals surface area contributed by atoms with E-state index < -0.39 is 5.97 Å². The molecule has 0 saturated heterocycles. The van der Waals surface area contributed by atoms with Crippen LogP contribution in [0.4, 0.5) is 0 Å². The summed E-state index contributed by atoms with van der Waals surface area (Å²) in [5.74, 6) is -0.304. The van der Waals surface area contributed by atoms with E-state index in [1.165, 1.54) is 64.0 Å². The van der Waals surface area contributed by atoms with Crippen molar-refractivity contribution in [2.45, 2.75) is 130 Å². The number of hydrogen-bond acceptors (Lipinski definition) is 7. The number of benzene rings is 1. The van der Waals surface area contributed by atoms with Crippen LogP contribution in [0.25, 0.3) is 0 Å². The van der Waals surface area contributed by atoms with Gasteiger partial charge in [0.2, 0.25) is 0 Å². The van der Waals surface area contributed by atoms with Gasteiger partial charge < -0.3 is 18.9 Å². The van der Waals surface area contributed by atoms with E-state index in [0.717, 1.165) is 36.8 Å². The average Bonchev–Trinajstić information content (AvgIpc) is 3.36. The second kappa shape index (κ2) is 19.2. The van der Waals surface area contributed by atoms with Crippen molar-refractivity contribution in [1.29, 1.82) is 0 Å². The van der Waals surface area contributed by atoms with Gasteiger partial charge in [-0.15, -0.1) is 6.58 Å². The SMILES string of the molecule is C=C(C)CCCCCCCCCCCCCC(=O)Oc1c(C/C=C(\C)CCC(=O)OC)c(OC)c(C)c2c1C(=O)OC2. The van der Waals surface area contributed by atoms with E-state index >= 15 is 0 Å². The molecule has 0 fully saturated rings. The lowest BCUT2D eigenvalue weighted by Crippen LogP contribution is -2.14. The maximum Gasteiger partial charge on any atom is 0.342 e. The molecule has 234 valence electrons. The Labute approximate surface area is 253 Å². The highest BCUT2D eigenvalue weighted by molar-refractivity contribution is 5.99. The van der Waals surface area contributed by atoms with E-state index in [4.69, 9.17) is 18.9 Å². The van der Waals surface area contributed by atoms with Gasteiger partial charge in [0.25, 0.3) is 0 Å². The van der Waals surface area contributed by atoms with Crippen LogP contribution in [0.5, 0.6) is 11.5 Å². The molecule has 0 unspecified atom stereocenters. The van der Waals surface area contributed by atoms with Crippen LogP contribution in [0.3, 0.4) is 0 Å². The monoisotopic (exact) mass is 584 g/mol. The Hall–Kier alpha value is -3.09. The number of methoxy groups -OCH3 is 2. The molecule has 0 aliphatic carbocycles. The molecule has 0 saturated carbocycles. The molecular formula is C35H52O7. The first-order valence-corrected chi connectivity index (χ1v) is 15.7. The van der Waals surface area contributed by atoms with Crippen molar-refractivity contribution in [2.24, 2.45) is 0 Å². The second-order valence-corrected chi connectivity index (χ2v) is 11.5. The summed E-state index contributed by atoms with van der Waals surface area (Å²) < 4.78 is 21.7. The zero-order valence-corrected chi connectivity index (χ0v) is 26.7. The van der Waals surface area contributed by atoms with Crippen LogP contribution >= 0.6 is 0 Å². The minimum absolute atomic E-state index is 0.129. The van der Waals surface area contributed by atoms with Crippen molar-refractivity contribution in [1.82, 2.24) is 0 Å². The Kier molecular flexibility index (Phi) is 16.0. The zero-order valence-electron chi connectivity index (χ0n) is 26.7. The third-order valence-corrected chi connectivity index (χ3v) is 7.93. The molecule has 1 aliphatic rings. The number of hydrogen-bond donors (Lipinski definition) is 0. The molecule has 0 amide bonds. The molecule has 1 aromatic rings. The minimum Gasteiger partial charge on any atom is -0.496 e. The molecule has 1 heterocycles. The van der Waals surface area contributed by atoms with Crippen LogP contribution in [-0.4, -0.2) is 32.1 Å². The van der Waals surface area contributed by atoms with Crippen LogP contribution < -0.4 is 9.47 Å². The first kappa shape index (κ1) is 35.1. The van der Waals surface area contributed by atoms with E-state index in [9.17, 15) is 14.4 Å². The number of rotatable bonds is 21. The number of cyclic esters (lactones) is 1. The Morgan fingerprint density at radius 2 is 1.38 bits per heavy atom. The van der Waals surface area contributed by atoms with Gasteiger partial charge in [-0.25, -0.2) is 4.79 Å². The lowest BCUT2D eigenvalue weighted by atomic mass is 9.94.